The minimum atomic E-state index is -0.401. The molecule has 0 fully saturated rings. The van der Waals surface area contributed by atoms with Gasteiger partial charge >= 0.3 is 5.97 Å². The van der Waals surface area contributed by atoms with Crippen molar-refractivity contribution in [3.63, 3.8) is 0 Å². The molecule has 2 amide bonds. The summed E-state index contributed by atoms with van der Waals surface area (Å²) in [5, 5.41) is 3.39. The molecule has 1 atom stereocenters. The van der Waals surface area contributed by atoms with E-state index in [1.54, 1.807) is 30.7 Å². The number of esters is 1. The molecule has 1 N–H and O–H groups in total. The molecular formula is C30H32N2O5S2. The predicted molar refractivity (Wildman–Crippen MR) is 155 cm³/mol. The second-order valence-corrected chi connectivity index (χ2v) is 11.9. The second kappa shape index (κ2) is 12.3. The van der Waals surface area contributed by atoms with Crippen molar-refractivity contribution in [2.75, 3.05) is 30.5 Å². The molecule has 0 bridgehead atoms. The minimum absolute atomic E-state index is 0.0963. The van der Waals surface area contributed by atoms with Crippen LogP contribution in [0, 0.1) is 0 Å². The molecule has 2 aromatic carbocycles. The molecule has 1 aliphatic carbocycles. The number of nitrogens with one attached hydrogen (secondary N) is 1. The Morgan fingerprint density at radius 3 is 2.59 bits per heavy atom. The number of methoxy groups -OCH3 is 1. The summed E-state index contributed by atoms with van der Waals surface area (Å²) in [6.45, 7) is 1.90. The van der Waals surface area contributed by atoms with Gasteiger partial charge in [0.1, 0.15) is 17.3 Å². The average molecular weight is 565 g/mol. The highest BCUT2D eigenvalue weighted by Crippen LogP contribution is 2.46. The van der Waals surface area contributed by atoms with Gasteiger partial charge in [0.25, 0.3) is 0 Å². The lowest BCUT2D eigenvalue weighted by Gasteiger charge is -2.22. The number of aryl methyl sites for hydroxylation is 1. The molecule has 9 heteroatoms. The number of amides is 2. The van der Waals surface area contributed by atoms with E-state index < -0.39 is 5.97 Å². The van der Waals surface area contributed by atoms with Crippen LogP contribution in [0.1, 0.15) is 64.2 Å². The molecule has 5 rings (SSSR count). The molecule has 1 aliphatic heterocycles. The Morgan fingerprint density at radius 2 is 1.82 bits per heavy atom. The maximum Gasteiger partial charge on any atom is 0.341 e. The third kappa shape index (κ3) is 5.99. The number of fused-ring (bicyclic) bond motifs is 2. The van der Waals surface area contributed by atoms with Crippen LogP contribution in [0.2, 0.25) is 0 Å². The molecule has 2 heterocycles. The lowest BCUT2D eigenvalue weighted by atomic mass is 10.1. The predicted octanol–water partition coefficient (Wildman–Crippen LogP) is 6.41. The number of para-hydroxylation sites is 1. The van der Waals surface area contributed by atoms with Crippen molar-refractivity contribution in [2.45, 2.75) is 55.6 Å². The van der Waals surface area contributed by atoms with E-state index in [-0.39, 0.29) is 36.6 Å². The third-order valence-electron chi connectivity index (χ3n) is 7.03. The number of thioether (sulfide) groups is 1. The summed E-state index contributed by atoms with van der Waals surface area (Å²) in [5.41, 5.74) is 3.21. The molecule has 3 aromatic rings. The average Bonchev–Trinajstić information content (AvgIpc) is 3.04. The SMILES string of the molecule is CCOC(=O)c1c(NC(=O)CN2C(=O)CC(c3ccc(OC)cc3)Sc3ccccc32)sc2c1CCCCC2. The number of hydrogen-bond donors (Lipinski definition) is 1. The van der Waals surface area contributed by atoms with Crippen molar-refractivity contribution in [1.82, 2.24) is 0 Å². The lowest BCUT2D eigenvalue weighted by Crippen LogP contribution is -2.38. The van der Waals surface area contributed by atoms with E-state index in [2.05, 4.69) is 5.32 Å². The number of rotatable bonds is 7. The second-order valence-electron chi connectivity index (χ2n) is 9.57. The fourth-order valence-corrected chi connectivity index (χ4v) is 7.69. The Labute approximate surface area is 236 Å². The zero-order chi connectivity index (χ0) is 27.4. The van der Waals surface area contributed by atoms with E-state index >= 15 is 0 Å². The Balaban J connectivity index is 1.39. The lowest BCUT2D eigenvalue weighted by molar-refractivity contribution is -0.121. The summed E-state index contributed by atoms with van der Waals surface area (Å²) in [7, 11) is 1.63. The highest BCUT2D eigenvalue weighted by atomic mass is 32.2. The number of nitrogens with zero attached hydrogens (tertiary/aromatic N) is 1. The van der Waals surface area contributed by atoms with E-state index in [4.69, 9.17) is 9.47 Å². The van der Waals surface area contributed by atoms with Crippen LogP contribution >= 0.6 is 23.1 Å². The van der Waals surface area contributed by atoms with Crippen LogP contribution in [0.5, 0.6) is 5.75 Å². The van der Waals surface area contributed by atoms with Crippen LogP contribution in [0.3, 0.4) is 0 Å². The van der Waals surface area contributed by atoms with Gasteiger partial charge in [0.05, 0.1) is 25.0 Å². The Kier molecular flexibility index (Phi) is 8.57. The van der Waals surface area contributed by atoms with Crippen LogP contribution in [0.4, 0.5) is 10.7 Å². The summed E-state index contributed by atoms with van der Waals surface area (Å²) in [5.74, 6) is -0.110. The van der Waals surface area contributed by atoms with Gasteiger partial charge in [-0.1, -0.05) is 30.7 Å². The Bertz CT molecular complexity index is 1370. The molecule has 0 saturated carbocycles. The number of ether oxygens (including phenoxy) is 2. The van der Waals surface area contributed by atoms with Gasteiger partial charge in [-0.3, -0.25) is 9.59 Å². The number of benzene rings is 2. The minimum Gasteiger partial charge on any atom is -0.497 e. The summed E-state index contributed by atoms with van der Waals surface area (Å²) in [6.07, 6.45) is 5.14. The summed E-state index contributed by atoms with van der Waals surface area (Å²) >= 11 is 3.08. The number of hydrogen-bond acceptors (Lipinski definition) is 7. The maximum absolute atomic E-state index is 13.6. The molecular weight excluding hydrogens is 532 g/mol. The molecule has 2 aliphatic rings. The quantitative estimate of drug-likeness (QED) is 0.264. The Morgan fingerprint density at radius 1 is 1.05 bits per heavy atom. The van der Waals surface area contributed by atoms with Crippen molar-refractivity contribution in [3.05, 3.63) is 70.1 Å². The molecule has 1 unspecified atom stereocenters. The zero-order valence-electron chi connectivity index (χ0n) is 22.2. The van der Waals surface area contributed by atoms with Gasteiger partial charge in [0.2, 0.25) is 11.8 Å². The van der Waals surface area contributed by atoms with Crippen LogP contribution in [-0.2, 0) is 27.2 Å². The first kappa shape index (κ1) is 27.3. The zero-order valence-corrected chi connectivity index (χ0v) is 23.8. The molecule has 204 valence electrons. The number of thiophene rings is 1. The monoisotopic (exact) mass is 564 g/mol. The molecule has 0 radical (unpaired) electrons. The van der Waals surface area contributed by atoms with E-state index in [0.717, 1.165) is 58.8 Å². The van der Waals surface area contributed by atoms with Gasteiger partial charge in [0, 0.05) is 21.4 Å². The first-order chi connectivity index (χ1) is 19.0. The largest absolute Gasteiger partial charge is 0.497 e. The van der Waals surface area contributed by atoms with Crippen LogP contribution in [-0.4, -0.2) is 38.0 Å². The molecule has 1 aromatic heterocycles. The van der Waals surface area contributed by atoms with E-state index in [0.29, 0.717) is 16.3 Å². The number of carbonyl (C=O) groups is 3. The molecule has 7 nitrogen and oxygen atoms in total. The smallest absolute Gasteiger partial charge is 0.341 e. The van der Waals surface area contributed by atoms with Crippen LogP contribution in [0.25, 0.3) is 0 Å². The first-order valence-corrected chi connectivity index (χ1v) is 15.0. The molecule has 0 spiro atoms. The fourth-order valence-electron chi connectivity index (χ4n) is 5.12. The highest BCUT2D eigenvalue weighted by Gasteiger charge is 2.32. The summed E-state index contributed by atoms with van der Waals surface area (Å²) < 4.78 is 10.6. The van der Waals surface area contributed by atoms with Crippen molar-refractivity contribution in [2.24, 2.45) is 0 Å². The van der Waals surface area contributed by atoms with Crippen LogP contribution in [0.15, 0.2) is 53.4 Å². The summed E-state index contributed by atoms with van der Waals surface area (Å²) in [6, 6.07) is 15.4. The maximum atomic E-state index is 13.6. The van der Waals surface area contributed by atoms with E-state index in [1.807, 2.05) is 48.5 Å². The van der Waals surface area contributed by atoms with Gasteiger partial charge in [0.15, 0.2) is 0 Å². The Hall–Kier alpha value is -3.30. The van der Waals surface area contributed by atoms with E-state index in [1.165, 1.54) is 11.3 Å². The number of carbonyl (C=O) groups excluding carboxylic acids is 3. The van der Waals surface area contributed by atoms with Crippen molar-refractivity contribution in [3.8, 4) is 5.75 Å². The molecule has 39 heavy (non-hydrogen) atoms. The van der Waals surface area contributed by atoms with Gasteiger partial charge < -0.3 is 19.7 Å². The number of anilines is 2. The molecule has 0 saturated heterocycles. The fraction of sp³-hybridized carbons (Fsp3) is 0.367. The van der Waals surface area contributed by atoms with E-state index in [9.17, 15) is 14.4 Å². The van der Waals surface area contributed by atoms with Gasteiger partial charge in [-0.15, -0.1) is 23.1 Å². The first-order valence-electron chi connectivity index (χ1n) is 13.3. The van der Waals surface area contributed by atoms with Crippen LogP contribution < -0.4 is 15.0 Å². The van der Waals surface area contributed by atoms with Crippen molar-refractivity contribution < 1.29 is 23.9 Å². The standard InChI is InChI=1S/C30H32N2O5S2/c1-3-37-30(35)28-21-9-5-4-6-11-23(21)39-29(28)31-26(33)18-32-22-10-7-8-12-24(22)38-25(17-27(32)34)19-13-15-20(36-2)16-14-19/h7-8,10,12-16,25H,3-6,9,11,17-18H2,1-2H3,(H,31,33). The normalized spacial score (nSPS) is 16.9. The van der Waals surface area contributed by atoms with Gasteiger partial charge in [-0.25, -0.2) is 4.79 Å². The van der Waals surface area contributed by atoms with Gasteiger partial charge in [-0.2, -0.15) is 0 Å². The van der Waals surface area contributed by atoms with Crippen molar-refractivity contribution >= 4 is 51.6 Å². The van der Waals surface area contributed by atoms with Gasteiger partial charge in [-0.05, 0) is 68.0 Å². The topological polar surface area (TPSA) is 84.9 Å². The third-order valence-corrected chi connectivity index (χ3v) is 9.56. The van der Waals surface area contributed by atoms with Crippen molar-refractivity contribution in [1.29, 1.82) is 0 Å². The summed E-state index contributed by atoms with van der Waals surface area (Å²) in [4.78, 5) is 43.5. The highest BCUT2D eigenvalue weighted by molar-refractivity contribution is 7.99.